The Balaban J connectivity index is 1.94. The van der Waals surface area contributed by atoms with Crippen molar-refractivity contribution >= 4 is 23.5 Å². The Hall–Kier alpha value is -2.37. The van der Waals surface area contributed by atoms with Gasteiger partial charge in [0.15, 0.2) is 0 Å². The van der Waals surface area contributed by atoms with Crippen molar-refractivity contribution in [3.05, 3.63) is 29.8 Å². The topological polar surface area (TPSA) is 75.7 Å². The molecule has 1 aromatic rings. The number of carbonyl (C=O) groups is 3. The van der Waals surface area contributed by atoms with Gasteiger partial charge in [0, 0.05) is 30.8 Å². The highest BCUT2D eigenvalue weighted by Crippen LogP contribution is 2.16. The van der Waals surface area contributed by atoms with E-state index in [1.54, 1.807) is 24.3 Å². The maximum Gasteiger partial charge on any atom is 0.306 e. The number of benzene rings is 1. The summed E-state index contributed by atoms with van der Waals surface area (Å²) in [5.41, 5.74) is 1.12. The van der Waals surface area contributed by atoms with Crippen LogP contribution in [0.2, 0.25) is 0 Å². The van der Waals surface area contributed by atoms with Crippen LogP contribution in [0, 0.1) is 0 Å². The SMILES string of the molecule is COC(=O)CCC(=O)Nc1cccc(C(=O)N2CCCC2)c1. The Labute approximate surface area is 129 Å². The second kappa shape index (κ2) is 7.59. The highest BCUT2D eigenvalue weighted by atomic mass is 16.5. The van der Waals surface area contributed by atoms with Gasteiger partial charge in [-0.3, -0.25) is 14.4 Å². The van der Waals surface area contributed by atoms with Gasteiger partial charge in [0.1, 0.15) is 0 Å². The number of likely N-dealkylation sites (tertiary alicyclic amines) is 1. The third-order valence-electron chi connectivity index (χ3n) is 3.57. The minimum Gasteiger partial charge on any atom is -0.469 e. The third-order valence-corrected chi connectivity index (χ3v) is 3.57. The second-order valence-electron chi connectivity index (χ2n) is 5.20. The first-order valence-corrected chi connectivity index (χ1v) is 7.36. The molecule has 0 spiro atoms. The van der Waals surface area contributed by atoms with Crippen LogP contribution in [-0.4, -0.2) is 42.9 Å². The van der Waals surface area contributed by atoms with Crippen molar-refractivity contribution in [3.63, 3.8) is 0 Å². The van der Waals surface area contributed by atoms with Crippen molar-refractivity contribution < 1.29 is 19.1 Å². The number of ether oxygens (including phenoxy) is 1. The maximum atomic E-state index is 12.3. The van der Waals surface area contributed by atoms with Crippen LogP contribution in [0.15, 0.2) is 24.3 Å². The molecule has 118 valence electrons. The number of amides is 2. The Morgan fingerprint density at radius 1 is 1.18 bits per heavy atom. The average Bonchev–Trinajstić information content (AvgIpc) is 3.06. The molecule has 0 bridgehead atoms. The predicted molar refractivity (Wildman–Crippen MR) is 81.5 cm³/mol. The van der Waals surface area contributed by atoms with Gasteiger partial charge in [-0.25, -0.2) is 0 Å². The summed E-state index contributed by atoms with van der Waals surface area (Å²) in [6.07, 6.45) is 2.16. The summed E-state index contributed by atoms with van der Waals surface area (Å²) in [5, 5.41) is 2.69. The molecule has 0 atom stereocenters. The van der Waals surface area contributed by atoms with Gasteiger partial charge in [-0.2, -0.15) is 0 Å². The van der Waals surface area contributed by atoms with Gasteiger partial charge in [0.25, 0.3) is 5.91 Å². The normalized spacial score (nSPS) is 13.8. The number of methoxy groups -OCH3 is 1. The second-order valence-corrected chi connectivity index (χ2v) is 5.20. The van der Waals surface area contributed by atoms with Crippen molar-refractivity contribution in [2.24, 2.45) is 0 Å². The average molecular weight is 304 g/mol. The van der Waals surface area contributed by atoms with E-state index in [-0.39, 0.29) is 24.7 Å². The fraction of sp³-hybridized carbons (Fsp3) is 0.438. The molecule has 2 amide bonds. The lowest BCUT2D eigenvalue weighted by atomic mass is 10.1. The van der Waals surface area contributed by atoms with E-state index in [1.165, 1.54) is 7.11 Å². The molecule has 6 nitrogen and oxygen atoms in total. The molecule has 1 aliphatic heterocycles. The first-order chi connectivity index (χ1) is 10.6. The van der Waals surface area contributed by atoms with Crippen molar-refractivity contribution in [2.45, 2.75) is 25.7 Å². The van der Waals surface area contributed by atoms with Crippen molar-refractivity contribution in [2.75, 3.05) is 25.5 Å². The number of anilines is 1. The van der Waals surface area contributed by atoms with E-state index in [1.807, 2.05) is 4.90 Å². The standard InChI is InChI=1S/C16H20N2O4/c1-22-15(20)8-7-14(19)17-13-6-4-5-12(11-13)16(21)18-9-2-3-10-18/h4-6,11H,2-3,7-10H2,1H3,(H,17,19). The van der Waals surface area contributed by atoms with E-state index >= 15 is 0 Å². The maximum absolute atomic E-state index is 12.3. The lowest BCUT2D eigenvalue weighted by Crippen LogP contribution is -2.27. The number of hydrogen-bond acceptors (Lipinski definition) is 4. The number of nitrogens with zero attached hydrogens (tertiary/aromatic N) is 1. The zero-order chi connectivity index (χ0) is 15.9. The molecule has 1 aromatic carbocycles. The summed E-state index contributed by atoms with van der Waals surface area (Å²) in [7, 11) is 1.29. The number of hydrogen-bond donors (Lipinski definition) is 1. The molecule has 0 saturated carbocycles. The van der Waals surface area contributed by atoms with Gasteiger partial charge in [0.05, 0.1) is 13.5 Å². The molecule has 2 rings (SSSR count). The largest absolute Gasteiger partial charge is 0.469 e. The van der Waals surface area contributed by atoms with Crippen molar-refractivity contribution in [1.29, 1.82) is 0 Å². The fourth-order valence-electron chi connectivity index (χ4n) is 2.37. The predicted octanol–water partition coefficient (Wildman–Crippen LogP) is 1.81. The smallest absolute Gasteiger partial charge is 0.306 e. The van der Waals surface area contributed by atoms with Crippen LogP contribution < -0.4 is 5.32 Å². The van der Waals surface area contributed by atoms with Gasteiger partial charge in [-0.1, -0.05) is 6.07 Å². The van der Waals surface area contributed by atoms with Gasteiger partial charge in [-0.05, 0) is 31.0 Å². The van der Waals surface area contributed by atoms with E-state index in [4.69, 9.17) is 0 Å². The van der Waals surface area contributed by atoms with Crippen LogP contribution in [-0.2, 0) is 14.3 Å². The first kappa shape index (κ1) is 16.0. The molecular formula is C16H20N2O4. The Morgan fingerprint density at radius 3 is 2.59 bits per heavy atom. The summed E-state index contributed by atoms with van der Waals surface area (Å²) in [6.45, 7) is 1.57. The highest BCUT2D eigenvalue weighted by Gasteiger charge is 2.19. The molecule has 1 saturated heterocycles. The zero-order valence-corrected chi connectivity index (χ0v) is 12.6. The molecule has 22 heavy (non-hydrogen) atoms. The number of carbonyl (C=O) groups excluding carboxylic acids is 3. The van der Waals surface area contributed by atoms with Crippen LogP contribution >= 0.6 is 0 Å². The lowest BCUT2D eigenvalue weighted by molar-refractivity contribution is -0.141. The monoisotopic (exact) mass is 304 g/mol. The van der Waals surface area contributed by atoms with Crippen molar-refractivity contribution in [1.82, 2.24) is 4.90 Å². The number of rotatable bonds is 5. The van der Waals surface area contributed by atoms with E-state index in [0.29, 0.717) is 11.3 Å². The number of nitrogens with one attached hydrogen (secondary N) is 1. The molecule has 1 fully saturated rings. The minimum absolute atomic E-state index is 0.0110. The van der Waals surface area contributed by atoms with E-state index in [0.717, 1.165) is 25.9 Å². The minimum atomic E-state index is -0.423. The van der Waals surface area contributed by atoms with Crippen molar-refractivity contribution in [3.8, 4) is 0 Å². The molecular weight excluding hydrogens is 284 g/mol. The van der Waals surface area contributed by atoms with E-state index in [9.17, 15) is 14.4 Å². The van der Waals surface area contributed by atoms with E-state index in [2.05, 4.69) is 10.1 Å². The first-order valence-electron chi connectivity index (χ1n) is 7.36. The molecule has 0 radical (unpaired) electrons. The summed E-state index contributed by atoms with van der Waals surface area (Å²) in [5.74, 6) is -0.715. The van der Waals surface area contributed by atoms with Crippen LogP contribution in [0.25, 0.3) is 0 Å². The van der Waals surface area contributed by atoms with Crippen LogP contribution in [0.1, 0.15) is 36.0 Å². The van der Waals surface area contributed by atoms with E-state index < -0.39 is 5.97 Å². The van der Waals surface area contributed by atoms with Gasteiger partial charge < -0.3 is 15.0 Å². The Kier molecular flexibility index (Phi) is 5.52. The molecule has 6 heteroatoms. The lowest BCUT2D eigenvalue weighted by Gasteiger charge is -2.15. The molecule has 1 N–H and O–H groups in total. The fourth-order valence-corrected chi connectivity index (χ4v) is 2.37. The molecule has 0 aromatic heterocycles. The molecule has 1 heterocycles. The van der Waals surface area contributed by atoms with Crippen LogP contribution in [0.5, 0.6) is 0 Å². The zero-order valence-electron chi connectivity index (χ0n) is 12.6. The Morgan fingerprint density at radius 2 is 1.91 bits per heavy atom. The van der Waals surface area contributed by atoms with Gasteiger partial charge >= 0.3 is 5.97 Å². The quantitative estimate of drug-likeness (QED) is 0.842. The molecule has 0 unspecified atom stereocenters. The van der Waals surface area contributed by atoms with Crippen LogP contribution in [0.3, 0.4) is 0 Å². The summed E-state index contributed by atoms with van der Waals surface area (Å²) in [4.78, 5) is 36.9. The third kappa shape index (κ3) is 4.31. The summed E-state index contributed by atoms with van der Waals surface area (Å²) in [6, 6.07) is 6.86. The number of esters is 1. The van der Waals surface area contributed by atoms with Gasteiger partial charge in [-0.15, -0.1) is 0 Å². The van der Waals surface area contributed by atoms with Crippen LogP contribution in [0.4, 0.5) is 5.69 Å². The highest BCUT2D eigenvalue weighted by molar-refractivity contribution is 5.97. The van der Waals surface area contributed by atoms with Gasteiger partial charge in [0.2, 0.25) is 5.91 Å². The molecule has 1 aliphatic rings. The summed E-state index contributed by atoms with van der Waals surface area (Å²) < 4.78 is 4.49. The summed E-state index contributed by atoms with van der Waals surface area (Å²) >= 11 is 0. The Bertz CT molecular complexity index is 565. The molecule has 0 aliphatic carbocycles.